The van der Waals surface area contributed by atoms with Crippen LogP contribution in [0.4, 0.5) is 5.69 Å². The van der Waals surface area contributed by atoms with Gasteiger partial charge < -0.3 is 49.8 Å². The second-order valence-corrected chi connectivity index (χ2v) is 15.6. The molecule has 0 fully saturated rings. The highest BCUT2D eigenvalue weighted by molar-refractivity contribution is 6.24. The number of carbonyl (C=O) groups is 4. The topological polar surface area (TPSA) is 256 Å². The van der Waals surface area contributed by atoms with Crippen LogP contribution in [0.25, 0.3) is 10.8 Å². The van der Waals surface area contributed by atoms with Crippen LogP contribution >= 0.6 is 0 Å². The summed E-state index contributed by atoms with van der Waals surface area (Å²) in [5.41, 5.74) is 1.50. The number of amides is 2. The van der Waals surface area contributed by atoms with E-state index in [0.717, 1.165) is 12.5 Å². The number of carbonyl (C=O) groups excluding carboxylic acids is 4. The number of fused-ring (bicyclic) bond motifs is 14. The van der Waals surface area contributed by atoms with Gasteiger partial charge in [-0.1, -0.05) is 45.9 Å². The summed E-state index contributed by atoms with van der Waals surface area (Å²) in [6, 6.07) is 2.87. The van der Waals surface area contributed by atoms with Gasteiger partial charge in [-0.2, -0.15) is 5.10 Å². The van der Waals surface area contributed by atoms with Crippen LogP contribution in [0.3, 0.4) is 0 Å². The zero-order chi connectivity index (χ0) is 45.1. The Morgan fingerprint density at radius 1 is 0.951 bits per heavy atom. The lowest BCUT2D eigenvalue weighted by molar-refractivity contribution is -0.160. The number of methoxy groups -OCH3 is 1. The van der Waals surface area contributed by atoms with E-state index in [2.05, 4.69) is 20.8 Å². The van der Waals surface area contributed by atoms with Crippen molar-refractivity contribution in [2.24, 2.45) is 28.8 Å². The number of nitrogens with zero attached hydrogens (tertiary/aromatic N) is 2. The smallest absolute Gasteiger partial charge is 0.312 e. The Kier molecular flexibility index (Phi) is 13.9. The largest absolute Gasteiger partial charge is 0.507 e. The third-order valence-electron chi connectivity index (χ3n) is 11.3. The molecule has 3 aromatic rings. The summed E-state index contributed by atoms with van der Waals surface area (Å²) >= 11 is 0. The number of nitrogens with one attached hydrogen (secondary N) is 2. The first-order valence-electron chi connectivity index (χ1n) is 19.6. The van der Waals surface area contributed by atoms with E-state index in [4.69, 9.17) is 18.9 Å². The Balaban J connectivity index is 1.70. The van der Waals surface area contributed by atoms with Gasteiger partial charge in [-0.25, -0.2) is 5.43 Å². The van der Waals surface area contributed by atoms with E-state index in [1.807, 2.05) is 0 Å². The van der Waals surface area contributed by atoms with Crippen molar-refractivity contribution in [3.05, 3.63) is 82.9 Å². The van der Waals surface area contributed by atoms with E-state index in [1.165, 1.54) is 77.6 Å². The molecular weight excluding hydrogens is 792 g/mol. The molecule has 5 bridgehead atoms. The molecule has 3 aliphatic rings. The fraction of sp³-hybridized carbons (Fsp3) is 0.409. The number of hydrazone groups is 1. The van der Waals surface area contributed by atoms with Crippen molar-refractivity contribution in [1.29, 1.82) is 0 Å². The van der Waals surface area contributed by atoms with Gasteiger partial charge in [-0.3, -0.25) is 24.2 Å². The highest BCUT2D eigenvalue weighted by Crippen LogP contribution is 2.55. The third-order valence-corrected chi connectivity index (χ3v) is 11.3. The summed E-state index contributed by atoms with van der Waals surface area (Å²) in [5.74, 6) is -9.87. The number of aliphatic hydroxyl groups is 2. The van der Waals surface area contributed by atoms with Crippen molar-refractivity contribution in [3.8, 4) is 23.0 Å². The lowest BCUT2D eigenvalue weighted by atomic mass is 9.78. The molecule has 7 N–H and O–H groups in total. The minimum atomic E-state index is -2.11. The molecule has 0 saturated heterocycles. The van der Waals surface area contributed by atoms with Gasteiger partial charge in [0.05, 0.1) is 53.0 Å². The lowest BCUT2D eigenvalue weighted by Crippen LogP contribution is -2.46. The van der Waals surface area contributed by atoms with Crippen molar-refractivity contribution in [2.75, 3.05) is 12.4 Å². The molecule has 0 aliphatic carbocycles. The fourth-order valence-corrected chi connectivity index (χ4v) is 7.60. The molecule has 0 unspecified atom stereocenters. The van der Waals surface area contributed by atoms with Crippen LogP contribution in [0.15, 0.2) is 65.8 Å². The summed E-state index contributed by atoms with van der Waals surface area (Å²) < 4.78 is 23.5. The zero-order valence-corrected chi connectivity index (χ0v) is 35.3. The number of phenolic OH excluding ortho intramolecular Hbond substituents is 3. The molecule has 0 radical (unpaired) electrons. The minimum Gasteiger partial charge on any atom is -0.507 e. The molecule has 1 aromatic heterocycles. The van der Waals surface area contributed by atoms with Gasteiger partial charge in [0.1, 0.15) is 23.4 Å². The van der Waals surface area contributed by atoms with E-state index in [-0.39, 0.29) is 39.0 Å². The summed E-state index contributed by atoms with van der Waals surface area (Å²) in [6.07, 6.45) is 6.93. The summed E-state index contributed by atoms with van der Waals surface area (Å²) in [4.78, 5) is 57.1. The van der Waals surface area contributed by atoms with Crippen LogP contribution in [-0.4, -0.2) is 97.6 Å². The number of aromatic hydroxyl groups is 3. The van der Waals surface area contributed by atoms with Crippen LogP contribution < -0.4 is 15.5 Å². The van der Waals surface area contributed by atoms with Crippen LogP contribution in [0.5, 0.6) is 23.0 Å². The molecular formula is C44H52N4O13. The molecule has 2 aromatic carbocycles. The van der Waals surface area contributed by atoms with Crippen LogP contribution in [0.2, 0.25) is 0 Å². The molecule has 3 aliphatic heterocycles. The SMILES string of the molecule is CO[C@H]1/C=C/O[C@@]2(C)Oc3c(C)c(O)c4c(O)c(c(C=NNC(=O)c5ccncc5)c(O)c4c3C2=O)NC(=O)/C(C)=C\C=C\[C@@H](C)[C@H](O)[C@@H](C)[C@@H](O)[C@@H](C)[C@H](OC(C)=O)[C@@H]1C. The predicted molar refractivity (Wildman–Crippen MR) is 223 cm³/mol. The maximum atomic E-state index is 14.4. The maximum absolute atomic E-state index is 14.4. The molecule has 61 heavy (non-hydrogen) atoms. The van der Waals surface area contributed by atoms with E-state index in [1.54, 1.807) is 33.8 Å². The number of ketones is 1. The van der Waals surface area contributed by atoms with Gasteiger partial charge in [0.15, 0.2) is 5.75 Å². The van der Waals surface area contributed by atoms with E-state index in [9.17, 15) is 44.7 Å². The summed E-state index contributed by atoms with van der Waals surface area (Å²) in [6.45, 7) is 12.2. The average Bonchev–Trinajstić information content (AvgIpc) is 3.50. The second-order valence-electron chi connectivity index (χ2n) is 15.6. The van der Waals surface area contributed by atoms with Crippen LogP contribution in [0.1, 0.15) is 80.3 Å². The number of allylic oxidation sites excluding steroid dienone is 2. The number of anilines is 1. The molecule has 9 atom stereocenters. The standard InChI is InChI=1S/C44H52N4O13/c1-20-11-10-12-21(2)42(56)47-33-28(19-46-48-43(57)27-13-16-45-17-14-27)37(53)30-31(38(33)54)36(52)25(6)40-32(30)41(55)44(8,61-40)59-18-15-29(58-9)22(3)39(60-26(7)49)24(5)35(51)23(4)34(20)50/h10-20,22-24,29,34-35,39,50-54H,1-9H3,(H,47,56)(H,48,57)/b11-10+,18-15+,21-12-,46-19?/t20-,22-,23-,24-,29+,34+,35-,39-,44+/m1/s1. The first kappa shape index (κ1) is 45.8. The van der Waals surface area contributed by atoms with Crippen LogP contribution in [-0.2, 0) is 23.8 Å². The number of rotatable bonds is 5. The first-order chi connectivity index (χ1) is 28.7. The number of hydrogen-bond donors (Lipinski definition) is 7. The number of ether oxygens (including phenoxy) is 4. The minimum absolute atomic E-state index is 0.0115. The fourth-order valence-electron chi connectivity index (χ4n) is 7.60. The van der Waals surface area contributed by atoms with Crippen LogP contribution in [0, 0.1) is 30.6 Å². The monoisotopic (exact) mass is 844 g/mol. The summed E-state index contributed by atoms with van der Waals surface area (Å²) in [5, 5.41) is 63.9. The number of esters is 1. The third kappa shape index (κ3) is 9.08. The number of benzene rings is 2. The first-order valence-corrected chi connectivity index (χ1v) is 19.6. The molecule has 6 rings (SSSR count). The Hall–Kier alpha value is -6.30. The van der Waals surface area contributed by atoms with Crippen molar-refractivity contribution in [1.82, 2.24) is 10.4 Å². The number of hydrogen-bond acceptors (Lipinski definition) is 15. The number of pyridine rings is 1. The van der Waals surface area contributed by atoms with Crippen molar-refractivity contribution in [3.63, 3.8) is 0 Å². The van der Waals surface area contributed by atoms with Gasteiger partial charge in [0.25, 0.3) is 17.6 Å². The molecule has 17 nitrogen and oxygen atoms in total. The lowest BCUT2D eigenvalue weighted by Gasteiger charge is -2.38. The van der Waals surface area contributed by atoms with E-state index >= 15 is 0 Å². The quantitative estimate of drug-likeness (QED) is 0.0592. The second kappa shape index (κ2) is 18.5. The highest BCUT2D eigenvalue weighted by Gasteiger charge is 2.50. The molecule has 4 heterocycles. The normalized spacial score (nSPS) is 29.3. The van der Waals surface area contributed by atoms with Gasteiger partial charge in [0.2, 0.25) is 0 Å². The molecule has 0 saturated carbocycles. The highest BCUT2D eigenvalue weighted by atomic mass is 16.7. The van der Waals surface area contributed by atoms with E-state index < -0.39 is 106 Å². The van der Waals surface area contributed by atoms with Gasteiger partial charge in [-0.05, 0) is 32.1 Å². The average molecular weight is 845 g/mol. The van der Waals surface area contributed by atoms with Gasteiger partial charge in [0, 0.05) is 79.1 Å². The maximum Gasteiger partial charge on any atom is 0.312 e. The molecule has 0 spiro atoms. The Labute approximate surface area is 352 Å². The van der Waals surface area contributed by atoms with Crippen molar-refractivity contribution >= 4 is 46.2 Å². The Bertz CT molecular complexity index is 2320. The molecule has 326 valence electrons. The predicted octanol–water partition coefficient (Wildman–Crippen LogP) is 4.91. The number of Topliss-reactive ketones (excluding diaryl/α,β-unsaturated/α-hetero) is 1. The number of aliphatic hydroxyl groups excluding tert-OH is 2. The summed E-state index contributed by atoms with van der Waals surface area (Å²) in [7, 11) is 1.41. The Morgan fingerprint density at radius 3 is 2.26 bits per heavy atom. The van der Waals surface area contributed by atoms with Gasteiger partial charge in [-0.15, -0.1) is 0 Å². The number of phenols is 3. The van der Waals surface area contributed by atoms with Crippen molar-refractivity contribution < 1.29 is 63.7 Å². The number of aromatic nitrogens is 1. The van der Waals surface area contributed by atoms with Crippen molar-refractivity contribution in [2.45, 2.75) is 85.6 Å². The molecule has 2 amide bonds. The van der Waals surface area contributed by atoms with Gasteiger partial charge >= 0.3 is 11.8 Å². The molecule has 17 heteroatoms. The zero-order valence-electron chi connectivity index (χ0n) is 35.3. The Morgan fingerprint density at radius 2 is 1.62 bits per heavy atom. The van der Waals surface area contributed by atoms with E-state index in [0.29, 0.717) is 0 Å².